The molecule has 2 aromatic carbocycles. The molecular formula is C32H39ClN2O12. The van der Waals surface area contributed by atoms with Gasteiger partial charge in [0, 0.05) is 12.1 Å². The molecule has 4 fully saturated rings. The van der Waals surface area contributed by atoms with Crippen LogP contribution >= 0.6 is 11.6 Å². The molecule has 6 N–H and O–H groups in total. The number of alkyl halides is 1. The van der Waals surface area contributed by atoms with Gasteiger partial charge in [0.05, 0.1) is 23.6 Å². The maximum absolute atomic E-state index is 13.0. The van der Waals surface area contributed by atoms with Crippen LogP contribution in [0.1, 0.15) is 35.1 Å². The van der Waals surface area contributed by atoms with Crippen LogP contribution in [0.3, 0.4) is 0 Å². The van der Waals surface area contributed by atoms with E-state index in [-0.39, 0.29) is 17.7 Å². The summed E-state index contributed by atoms with van der Waals surface area (Å²) in [6.07, 6.45) is -13.7. The van der Waals surface area contributed by atoms with Gasteiger partial charge in [-0.05, 0) is 25.0 Å². The molecule has 3 unspecified atom stereocenters. The zero-order valence-corrected chi connectivity index (χ0v) is 26.0. The highest BCUT2D eigenvalue weighted by atomic mass is 35.5. The zero-order chi connectivity index (χ0) is 33.1. The van der Waals surface area contributed by atoms with Gasteiger partial charge in [0.2, 0.25) is 5.91 Å². The molecule has 4 aliphatic heterocycles. The van der Waals surface area contributed by atoms with Gasteiger partial charge < -0.3 is 59.5 Å². The molecule has 0 radical (unpaired) electrons. The summed E-state index contributed by atoms with van der Waals surface area (Å²) in [6, 6.07) is 17.3. The highest BCUT2D eigenvalue weighted by Crippen LogP contribution is 2.36. The van der Waals surface area contributed by atoms with Gasteiger partial charge in [-0.25, -0.2) is 4.79 Å². The first kappa shape index (κ1) is 34.1. The molecular weight excluding hydrogens is 640 g/mol. The molecule has 6 rings (SSSR count). The molecule has 14 nitrogen and oxygen atoms in total. The van der Waals surface area contributed by atoms with Crippen molar-refractivity contribution in [3.8, 4) is 0 Å². The van der Waals surface area contributed by atoms with Crippen LogP contribution in [0.5, 0.6) is 0 Å². The van der Waals surface area contributed by atoms with E-state index in [0.29, 0.717) is 19.4 Å². The third-order valence-corrected chi connectivity index (χ3v) is 9.15. The number of esters is 1. The first-order chi connectivity index (χ1) is 22.7. The average molecular weight is 679 g/mol. The Bertz CT molecular complexity index is 1330. The molecule has 4 saturated heterocycles. The topological polar surface area (TPSA) is 194 Å². The normalized spacial score (nSPS) is 39.0. The van der Waals surface area contributed by atoms with E-state index in [0.717, 1.165) is 5.56 Å². The molecule has 13 atom stereocenters. The molecule has 2 aromatic rings. The molecule has 256 valence electrons. The van der Waals surface area contributed by atoms with Crippen molar-refractivity contribution < 1.29 is 58.4 Å². The van der Waals surface area contributed by atoms with Crippen LogP contribution in [0.15, 0.2) is 60.7 Å². The monoisotopic (exact) mass is 678 g/mol. The number of amides is 1. The van der Waals surface area contributed by atoms with Crippen molar-refractivity contribution in [1.82, 2.24) is 10.6 Å². The van der Waals surface area contributed by atoms with E-state index >= 15 is 0 Å². The predicted octanol–water partition coefficient (Wildman–Crippen LogP) is -0.0831. The lowest BCUT2D eigenvalue weighted by molar-refractivity contribution is -0.379. The predicted molar refractivity (Wildman–Crippen MR) is 161 cm³/mol. The number of aliphatic hydroxyl groups excluding tert-OH is 4. The Hall–Kier alpha value is -2.73. The fourth-order valence-electron chi connectivity index (χ4n) is 6.10. The first-order valence-electron chi connectivity index (χ1n) is 15.6. The van der Waals surface area contributed by atoms with Crippen LogP contribution in [-0.2, 0) is 33.2 Å². The number of hydrogen-bond acceptors (Lipinski definition) is 13. The largest absolute Gasteiger partial charge is 0.459 e. The number of piperidine rings is 1. The van der Waals surface area contributed by atoms with Gasteiger partial charge in [-0.1, -0.05) is 48.5 Å². The third-order valence-electron chi connectivity index (χ3n) is 8.78. The van der Waals surface area contributed by atoms with Gasteiger partial charge in [-0.2, -0.15) is 0 Å². The number of carbonyl (C=O) groups excluding carboxylic acids is 2. The van der Waals surface area contributed by atoms with E-state index in [4.69, 9.17) is 40.0 Å². The van der Waals surface area contributed by atoms with Crippen LogP contribution in [0.25, 0.3) is 0 Å². The number of benzene rings is 2. The molecule has 0 bridgehead atoms. The van der Waals surface area contributed by atoms with Crippen molar-refractivity contribution in [3.05, 3.63) is 71.8 Å². The van der Waals surface area contributed by atoms with E-state index in [2.05, 4.69) is 10.6 Å². The Balaban J connectivity index is 1.15. The summed E-state index contributed by atoms with van der Waals surface area (Å²) in [4.78, 5) is 25.8. The molecule has 1 amide bonds. The second-order valence-electron chi connectivity index (χ2n) is 12.0. The van der Waals surface area contributed by atoms with Gasteiger partial charge >= 0.3 is 5.97 Å². The maximum atomic E-state index is 13.0. The van der Waals surface area contributed by atoms with E-state index in [9.17, 15) is 30.0 Å². The quantitative estimate of drug-likeness (QED) is 0.123. The summed E-state index contributed by atoms with van der Waals surface area (Å²) in [5.41, 5.74) is 0.738. The van der Waals surface area contributed by atoms with Crippen LogP contribution in [0.2, 0.25) is 0 Å². The summed E-state index contributed by atoms with van der Waals surface area (Å²) in [7, 11) is 0. The zero-order valence-electron chi connectivity index (χ0n) is 25.2. The van der Waals surface area contributed by atoms with Crippen molar-refractivity contribution in [1.29, 1.82) is 0 Å². The minimum absolute atomic E-state index is 0.00702. The second kappa shape index (κ2) is 15.2. The highest BCUT2D eigenvalue weighted by molar-refractivity contribution is 6.20. The Morgan fingerprint density at radius 3 is 2.32 bits per heavy atom. The van der Waals surface area contributed by atoms with Gasteiger partial charge in [-0.3, -0.25) is 4.79 Å². The average Bonchev–Trinajstić information content (AvgIpc) is 3.10. The number of hydrogen-bond donors (Lipinski definition) is 6. The number of aliphatic hydroxyl groups is 4. The summed E-state index contributed by atoms with van der Waals surface area (Å²) >= 11 is 6.08. The lowest BCUT2D eigenvalue weighted by Crippen LogP contribution is -2.67. The van der Waals surface area contributed by atoms with Crippen LogP contribution < -0.4 is 10.6 Å². The number of rotatable bonds is 8. The van der Waals surface area contributed by atoms with Crippen molar-refractivity contribution in [2.45, 2.75) is 86.0 Å². The molecule has 0 aliphatic carbocycles. The smallest absolute Gasteiger partial charge is 0.338 e. The van der Waals surface area contributed by atoms with Gasteiger partial charge in [0.15, 0.2) is 18.8 Å². The minimum Gasteiger partial charge on any atom is -0.459 e. The second-order valence-corrected chi connectivity index (χ2v) is 12.5. The van der Waals surface area contributed by atoms with Crippen molar-refractivity contribution >= 4 is 23.5 Å². The molecule has 0 aromatic heterocycles. The highest BCUT2D eigenvalue weighted by Gasteiger charge is 2.53. The molecule has 4 heterocycles. The number of halogens is 1. The molecule has 15 heteroatoms. The van der Waals surface area contributed by atoms with Crippen LogP contribution in [0.4, 0.5) is 0 Å². The van der Waals surface area contributed by atoms with Gasteiger partial charge in [0.25, 0.3) is 0 Å². The summed E-state index contributed by atoms with van der Waals surface area (Å²) in [5, 5.41) is 50.0. The molecule has 0 spiro atoms. The van der Waals surface area contributed by atoms with E-state index in [1.165, 1.54) is 0 Å². The Labute approximate surface area is 275 Å². The standard InChI is InChI=1S/C32H39ClN2O12/c33-21-12-11-18(13-34-21)28(40)35-29-24(38)22(36)26(19(44-29)14-42-30(41)16-7-3-1-4-8-16)47-32-25(39)23(37)27-20(45-32)15-43-31(46-27)17-9-5-2-6-10-17/h1-10,18-27,29,31-32,34,36-39H,11-15H2,(H,35,40)/t18?,19-,20-,21?,22-,23-,24-,25-,26-,27-,29-,31?,32+/m1/s1. The first-order valence-corrected chi connectivity index (χ1v) is 16.0. The van der Waals surface area contributed by atoms with Crippen LogP contribution in [0, 0.1) is 5.92 Å². The van der Waals surface area contributed by atoms with Crippen molar-refractivity contribution in [2.24, 2.45) is 5.92 Å². The number of carbonyl (C=O) groups is 2. The van der Waals surface area contributed by atoms with E-state index in [1.807, 2.05) is 18.2 Å². The van der Waals surface area contributed by atoms with Gasteiger partial charge in [-0.15, -0.1) is 11.6 Å². The SMILES string of the molecule is O=C(OC[C@H]1O[C@@H](NC(=O)C2CCC(Cl)NC2)[C@H](O)[C@@H](O)[C@@H]1O[C@@H]1O[C@@H]2COC(c3ccccc3)O[C@H]2[C@H](O)[C@H]1O)c1ccccc1. The minimum atomic E-state index is -1.71. The summed E-state index contributed by atoms with van der Waals surface area (Å²) < 4.78 is 35.1. The number of nitrogens with one attached hydrogen (secondary N) is 2. The van der Waals surface area contributed by atoms with Crippen LogP contribution in [-0.4, -0.2) is 119 Å². The molecule has 47 heavy (non-hydrogen) atoms. The number of fused-ring (bicyclic) bond motifs is 1. The van der Waals surface area contributed by atoms with Gasteiger partial charge in [0.1, 0.15) is 55.4 Å². The lowest BCUT2D eigenvalue weighted by atomic mass is 9.95. The van der Waals surface area contributed by atoms with E-state index < -0.39 is 92.0 Å². The van der Waals surface area contributed by atoms with Crippen molar-refractivity contribution in [3.63, 3.8) is 0 Å². The molecule has 0 saturated carbocycles. The fraction of sp³-hybridized carbons (Fsp3) is 0.562. The molecule has 4 aliphatic rings. The van der Waals surface area contributed by atoms with E-state index in [1.54, 1.807) is 42.5 Å². The Morgan fingerprint density at radius 1 is 0.894 bits per heavy atom. The fourth-order valence-corrected chi connectivity index (χ4v) is 6.32. The van der Waals surface area contributed by atoms with Crippen molar-refractivity contribution in [2.75, 3.05) is 19.8 Å². The Kier molecular flexibility index (Phi) is 11.1. The number of ether oxygens (including phenoxy) is 6. The Morgan fingerprint density at radius 2 is 1.62 bits per heavy atom. The maximum Gasteiger partial charge on any atom is 0.338 e. The summed E-state index contributed by atoms with van der Waals surface area (Å²) in [6.45, 7) is -0.154. The summed E-state index contributed by atoms with van der Waals surface area (Å²) in [5.74, 6) is -1.57. The third kappa shape index (κ3) is 7.79. The lowest BCUT2D eigenvalue weighted by Gasteiger charge is -2.49.